The number of hydrogen-bond acceptors (Lipinski definition) is 2. The average Bonchev–Trinajstić information content (AvgIpc) is 2.64. The van der Waals surface area contributed by atoms with Crippen molar-refractivity contribution in [1.29, 1.82) is 0 Å². The van der Waals surface area contributed by atoms with Gasteiger partial charge < -0.3 is 5.11 Å². The van der Waals surface area contributed by atoms with E-state index in [1.165, 1.54) is 6.20 Å². The number of benzene rings is 1. The summed E-state index contributed by atoms with van der Waals surface area (Å²) in [6.07, 6.45) is 1.39. The normalized spacial score (nSPS) is 10.5. The predicted octanol–water partition coefficient (Wildman–Crippen LogP) is 2.40. The minimum Gasteiger partial charge on any atom is -0.478 e. The van der Waals surface area contributed by atoms with Crippen molar-refractivity contribution in [1.82, 2.24) is 9.78 Å². The Morgan fingerprint density at radius 1 is 1.35 bits per heavy atom. The van der Waals surface area contributed by atoms with Gasteiger partial charge in [-0.15, -0.1) is 0 Å². The molecule has 2 rings (SSSR count). The lowest BCUT2D eigenvalue weighted by Crippen LogP contribution is -2.02. The molecule has 4 heteroatoms. The Morgan fingerprint density at radius 3 is 2.71 bits per heavy atom. The van der Waals surface area contributed by atoms with Gasteiger partial charge in [0.25, 0.3) is 0 Å². The number of nitrogens with zero attached hydrogens (tertiary/aromatic N) is 2. The maximum atomic E-state index is 11.2. The highest BCUT2D eigenvalue weighted by molar-refractivity contribution is 5.95. The lowest BCUT2D eigenvalue weighted by atomic mass is 10.0. The zero-order valence-corrected chi connectivity index (χ0v) is 10.1. The van der Waals surface area contributed by atoms with E-state index >= 15 is 0 Å². The molecular weight excluding hydrogens is 216 g/mol. The number of rotatable bonds is 2. The third-order valence-corrected chi connectivity index (χ3v) is 2.82. The number of aromatic carboxylic acids is 1. The van der Waals surface area contributed by atoms with Crippen LogP contribution >= 0.6 is 0 Å². The zero-order chi connectivity index (χ0) is 12.6. The summed E-state index contributed by atoms with van der Waals surface area (Å²) in [4.78, 5) is 11.2. The summed E-state index contributed by atoms with van der Waals surface area (Å²) < 4.78 is 1.60. The smallest absolute Gasteiger partial charge is 0.339 e. The second kappa shape index (κ2) is 4.05. The molecule has 0 fully saturated rings. The quantitative estimate of drug-likeness (QED) is 0.861. The van der Waals surface area contributed by atoms with E-state index in [-0.39, 0.29) is 5.56 Å². The molecule has 1 N–H and O–H groups in total. The minimum absolute atomic E-state index is 0.237. The molecule has 4 nitrogen and oxygen atoms in total. The van der Waals surface area contributed by atoms with Gasteiger partial charge in [0.1, 0.15) is 5.56 Å². The molecule has 1 aromatic heterocycles. The predicted molar refractivity (Wildman–Crippen MR) is 65.1 cm³/mol. The molecule has 1 aromatic carbocycles. The number of carboxylic acid groups (broad SMARTS) is 1. The van der Waals surface area contributed by atoms with E-state index in [1.807, 2.05) is 32.0 Å². The summed E-state index contributed by atoms with van der Waals surface area (Å²) in [7, 11) is 1.75. The van der Waals surface area contributed by atoms with E-state index in [0.29, 0.717) is 5.69 Å². The van der Waals surface area contributed by atoms with Crippen LogP contribution in [-0.4, -0.2) is 20.9 Å². The number of aromatic nitrogens is 2. The van der Waals surface area contributed by atoms with Crippen LogP contribution in [0, 0.1) is 13.8 Å². The molecule has 0 atom stereocenters. The van der Waals surface area contributed by atoms with Crippen LogP contribution in [-0.2, 0) is 7.05 Å². The van der Waals surface area contributed by atoms with E-state index in [0.717, 1.165) is 16.7 Å². The highest BCUT2D eigenvalue weighted by Crippen LogP contribution is 2.27. The number of carbonyl (C=O) groups is 1. The van der Waals surface area contributed by atoms with Gasteiger partial charge in [-0.3, -0.25) is 4.68 Å². The molecule has 17 heavy (non-hydrogen) atoms. The second-order valence-electron chi connectivity index (χ2n) is 4.15. The van der Waals surface area contributed by atoms with Gasteiger partial charge in [0.05, 0.1) is 11.9 Å². The van der Waals surface area contributed by atoms with E-state index in [4.69, 9.17) is 5.11 Å². The van der Waals surface area contributed by atoms with Crippen molar-refractivity contribution in [3.63, 3.8) is 0 Å². The van der Waals surface area contributed by atoms with Crippen LogP contribution in [0.5, 0.6) is 0 Å². The first-order valence-corrected chi connectivity index (χ1v) is 5.33. The van der Waals surface area contributed by atoms with Gasteiger partial charge in [0, 0.05) is 12.6 Å². The Labute approximate surface area is 99.5 Å². The molecule has 0 aliphatic carbocycles. The molecule has 0 aliphatic rings. The molecule has 0 aliphatic heterocycles. The fourth-order valence-electron chi connectivity index (χ4n) is 1.90. The third kappa shape index (κ3) is 1.93. The summed E-state index contributed by atoms with van der Waals surface area (Å²) in [6.45, 7) is 3.95. The first kappa shape index (κ1) is 11.4. The van der Waals surface area contributed by atoms with E-state index in [2.05, 4.69) is 5.10 Å². The number of hydrogen-bond donors (Lipinski definition) is 1. The summed E-state index contributed by atoms with van der Waals surface area (Å²) in [5, 5.41) is 13.2. The van der Waals surface area contributed by atoms with Crippen LogP contribution in [0.2, 0.25) is 0 Å². The average molecular weight is 230 g/mol. The van der Waals surface area contributed by atoms with Crippen LogP contribution in [0.3, 0.4) is 0 Å². The third-order valence-electron chi connectivity index (χ3n) is 2.82. The van der Waals surface area contributed by atoms with Crippen molar-refractivity contribution < 1.29 is 9.90 Å². The van der Waals surface area contributed by atoms with Gasteiger partial charge in [-0.1, -0.05) is 17.7 Å². The maximum absolute atomic E-state index is 11.2. The number of carboxylic acids is 1. The first-order valence-electron chi connectivity index (χ1n) is 5.33. The molecule has 0 saturated carbocycles. The molecule has 0 radical (unpaired) electrons. The fraction of sp³-hybridized carbons (Fsp3) is 0.231. The lowest BCUT2D eigenvalue weighted by Gasteiger charge is -2.09. The SMILES string of the molecule is Cc1ccc(C)c(-c2c(C(=O)O)cnn2C)c1. The summed E-state index contributed by atoms with van der Waals surface area (Å²) in [5.41, 5.74) is 3.95. The molecule has 0 amide bonds. The van der Waals surface area contributed by atoms with Crippen LogP contribution in [0.4, 0.5) is 0 Å². The Bertz CT molecular complexity index is 585. The highest BCUT2D eigenvalue weighted by atomic mass is 16.4. The maximum Gasteiger partial charge on any atom is 0.339 e. The Kier molecular flexibility index (Phi) is 2.71. The van der Waals surface area contributed by atoms with Gasteiger partial charge in [0.15, 0.2) is 0 Å². The van der Waals surface area contributed by atoms with Gasteiger partial charge in [-0.2, -0.15) is 5.10 Å². The molecule has 0 saturated heterocycles. The van der Waals surface area contributed by atoms with Crippen molar-refractivity contribution in [3.05, 3.63) is 41.1 Å². The van der Waals surface area contributed by atoms with Crippen molar-refractivity contribution in [2.75, 3.05) is 0 Å². The van der Waals surface area contributed by atoms with Crippen molar-refractivity contribution in [3.8, 4) is 11.3 Å². The molecule has 0 spiro atoms. The van der Waals surface area contributed by atoms with Crippen LogP contribution in [0.15, 0.2) is 24.4 Å². The molecule has 1 heterocycles. The van der Waals surface area contributed by atoms with Gasteiger partial charge in [-0.25, -0.2) is 4.79 Å². The van der Waals surface area contributed by atoms with Crippen LogP contribution < -0.4 is 0 Å². The fourth-order valence-corrected chi connectivity index (χ4v) is 1.90. The molecule has 2 aromatic rings. The Morgan fingerprint density at radius 2 is 2.06 bits per heavy atom. The summed E-state index contributed by atoms with van der Waals surface area (Å²) >= 11 is 0. The molecule has 88 valence electrons. The van der Waals surface area contributed by atoms with Gasteiger partial charge >= 0.3 is 5.97 Å². The number of aryl methyl sites for hydroxylation is 3. The first-order chi connectivity index (χ1) is 8.00. The molecular formula is C13H14N2O2. The highest BCUT2D eigenvalue weighted by Gasteiger charge is 2.18. The molecule has 0 unspecified atom stereocenters. The Balaban J connectivity index is 2.71. The van der Waals surface area contributed by atoms with Gasteiger partial charge in [0.2, 0.25) is 0 Å². The van der Waals surface area contributed by atoms with Crippen molar-refractivity contribution in [2.24, 2.45) is 7.05 Å². The largest absolute Gasteiger partial charge is 0.478 e. The molecule has 0 bridgehead atoms. The summed E-state index contributed by atoms with van der Waals surface area (Å²) in [5.74, 6) is -0.950. The standard InChI is InChI=1S/C13H14N2O2/c1-8-4-5-9(2)10(6-8)12-11(13(16)17)7-14-15(12)3/h4-7H,1-3H3,(H,16,17). The zero-order valence-electron chi connectivity index (χ0n) is 10.1. The van der Waals surface area contributed by atoms with Crippen LogP contribution in [0.25, 0.3) is 11.3 Å². The van der Waals surface area contributed by atoms with Crippen molar-refractivity contribution >= 4 is 5.97 Å². The second-order valence-corrected chi connectivity index (χ2v) is 4.15. The van der Waals surface area contributed by atoms with E-state index < -0.39 is 5.97 Å². The minimum atomic E-state index is -0.950. The van der Waals surface area contributed by atoms with Crippen molar-refractivity contribution in [2.45, 2.75) is 13.8 Å². The van der Waals surface area contributed by atoms with Crippen LogP contribution in [0.1, 0.15) is 21.5 Å². The Hall–Kier alpha value is -2.10. The monoisotopic (exact) mass is 230 g/mol. The van der Waals surface area contributed by atoms with E-state index in [1.54, 1.807) is 11.7 Å². The van der Waals surface area contributed by atoms with E-state index in [9.17, 15) is 4.79 Å². The lowest BCUT2D eigenvalue weighted by molar-refractivity contribution is 0.0697. The van der Waals surface area contributed by atoms with Gasteiger partial charge in [-0.05, 0) is 25.5 Å². The summed E-state index contributed by atoms with van der Waals surface area (Å²) in [6, 6.07) is 5.98. The topological polar surface area (TPSA) is 55.1 Å².